The summed E-state index contributed by atoms with van der Waals surface area (Å²) >= 11 is 0. The summed E-state index contributed by atoms with van der Waals surface area (Å²) in [6.07, 6.45) is 11.7. The minimum atomic E-state index is -0.517. The molecule has 0 aliphatic carbocycles. The number of aromatic nitrogens is 5. The molecule has 0 saturated heterocycles. The SMILES string of the molecule is C=N/C=C/c1ccccc1.[C-]#[N+]c1c[nH]c(N)c1-c1ccccc1.[C-]#[N+]c1c[nH]c([N+](=O)[O-])c1-c1ccccc1.[C-]#[N+]c1c[nH]cc1-c1ccccc1.[C-]#[N+]c1cn2c(=O)cc(N)[nH]c2c1-c1ccccc1. The van der Waals surface area contributed by atoms with E-state index in [0.717, 1.165) is 33.4 Å². The lowest BCUT2D eigenvalue weighted by Crippen LogP contribution is -2.12. The molecule has 10 rings (SSSR count). The van der Waals surface area contributed by atoms with Crippen LogP contribution < -0.4 is 17.0 Å². The van der Waals surface area contributed by atoms with Crippen molar-refractivity contribution in [1.29, 1.82) is 0 Å². The average molecular weight is 946 g/mol. The molecule has 0 bridgehead atoms. The van der Waals surface area contributed by atoms with Crippen molar-refractivity contribution in [2.45, 2.75) is 0 Å². The minimum Gasteiger partial charge on any atom is -0.386 e. The Hall–Kier alpha value is -11.2. The number of benzene rings is 5. The monoisotopic (exact) mass is 945 g/mol. The number of fused-ring (bicyclic) bond motifs is 1. The summed E-state index contributed by atoms with van der Waals surface area (Å²) in [6, 6.07) is 49.2. The highest BCUT2D eigenvalue weighted by Crippen LogP contribution is 2.39. The van der Waals surface area contributed by atoms with Gasteiger partial charge >= 0.3 is 5.82 Å². The molecule has 5 heterocycles. The molecule has 10 aromatic rings. The Morgan fingerprint density at radius 1 is 0.597 bits per heavy atom. The van der Waals surface area contributed by atoms with Crippen molar-refractivity contribution < 1.29 is 4.92 Å². The number of aliphatic imine (C=N–C) groups is 1. The summed E-state index contributed by atoms with van der Waals surface area (Å²) in [6.45, 7) is 31.5. The molecule has 0 amide bonds. The van der Waals surface area contributed by atoms with Gasteiger partial charge in [0.05, 0.1) is 43.9 Å². The second kappa shape index (κ2) is 25.1. The maximum absolute atomic E-state index is 11.9. The molecule has 0 radical (unpaired) electrons. The molecule has 0 unspecified atom stereocenters. The maximum atomic E-state index is 11.9. The van der Waals surface area contributed by atoms with Crippen LogP contribution >= 0.6 is 0 Å². The van der Waals surface area contributed by atoms with Crippen molar-refractivity contribution in [3.8, 4) is 44.5 Å². The molecule has 0 fully saturated rings. The van der Waals surface area contributed by atoms with Crippen LogP contribution in [0.25, 0.3) is 75.6 Å². The molecule has 0 spiro atoms. The van der Waals surface area contributed by atoms with Gasteiger partial charge in [0.2, 0.25) is 22.7 Å². The van der Waals surface area contributed by atoms with E-state index in [0.29, 0.717) is 45.2 Å². The van der Waals surface area contributed by atoms with E-state index in [9.17, 15) is 14.9 Å². The highest BCUT2D eigenvalue weighted by Gasteiger charge is 2.21. The third-order valence-electron chi connectivity index (χ3n) is 10.3. The Morgan fingerprint density at radius 3 is 1.58 bits per heavy atom. The summed E-state index contributed by atoms with van der Waals surface area (Å²) in [5.74, 6) is 0.684. The Kier molecular flexibility index (Phi) is 17.5. The van der Waals surface area contributed by atoms with Crippen LogP contribution in [0.4, 0.5) is 40.2 Å². The average Bonchev–Trinajstić information content (AvgIpc) is 4.25. The largest absolute Gasteiger partial charge is 0.386 e. The minimum absolute atomic E-state index is 0.141. The number of hydrogen-bond acceptors (Lipinski definition) is 6. The standard InChI is InChI=1S/C14H10N4O.C11H7N3O2.C11H9N3.C11H8N2.C9H9N/c1-16-10-8-18-12(19)7-11(15)17-14(18)13(10)9-5-3-2-4-6-9;1-12-9-7-13-11(14(15)16)10(9)8-5-3-2-4-6-8;1-13-9-7-14-11(12)10(9)8-5-3-2-4-6-8;1-12-11-8-13-7-10(11)9-5-3-2-4-6-9;1-10-8-7-9-5-3-2-4-6-9/h2-8,17H,15H2;2-7,13H;2-7,14H,12H2;2-8,13H;2-8H,1H2/b;;;;8-7+. The van der Waals surface area contributed by atoms with Crippen molar-refractivity contribution in [2.75, 3.05) is 11.5 Å². The van der Waals surface area contributed by atoms with Gasteiger partial charge in [-0.1, -0.05) is 152 Å². The first kappa shape index (κ1) is 50.2. The molecular weight excluding hydrogens is 903 g/mol. The van der Waals surface area contributed by atoms with Crippen molar-refractivity contribution in [3.05, 3.63) is 267 Å². The Bertz CT molecular complexity index is 3660. The first-order valence-corrected chi connectivity index (χ1v) is 21.5. The van der Waals surface area contributed by atoms with E-state index in [1.54, 1.807) is 42.9 Å². The van der Waals surface area contributed by atoms with Gasteiger partial charge in [0.25, 0.3) is 5.56 Å². The van der Waals surface area contributed by atoms with Gasteiger partial charge in [0, 0.05) is 47.5 Å². The van der Waals surface area contributed by atoms with E-state index in [-0.39, 0.29) is 22.9 Å². The molecule has 0 atom stereocenters. The topological polar surface area (TPSA) is 210 Å². The molecular formula is C56H43N13O3. The van der Waals surface area contributed by atoms with E-state index in [2.05, 4.69) is 51.0 Å². The lowest BCUT2D eigenvalue weighted by molar-refractivity contribution is -0.388. The molecule has 8 N–H and O–H groups in total. The van der Waals surface area contributed by atoms with Crippen molar-refractivity contribution in [2.24, 2.45) is 4.99 Å². The lowest BCUT2D eigenvalue weighted by Gasteiger charge is -2.03. The molecule has 5 aromatic heterocycles. The molecule has 350 valence electrons. The van der Waals surface area contributed by atoms with E-state index in [4.69, 9.17) is 37.8 Å². The number of anilines is 2. The van der Waals surface area contributed by atoms with Gasteiger partial charge in [0.1, 0.15) is 11.5 Å². The number of rotatable bonds is 7. The summed E-state index contributed by atoms with van der Waals surface area (Å²) in [5.41, 5.74) is 21.2. The number of nitrogens with two attached hydrogens (primary N) is 2. The van der Waals surface area contributed by atoms with Crippen LogP contribution in [0.2, 0.25) is 0 Å². The van der Waals surface area contributed by atoms with E-state index < -0.39 is 4.92 Å². The van der Waals surface area contributed by atoms with Crippen LogP contribution in [-0.4, -0.2) is 36.0 Å². The van der Waals surface area contributed by atoms with Gasteiger partial charge in [-0.05, 0) is 51.7 Å². The predicted octanol–water partition coefficient (Wildman–Crippen LogP) is 14.0. The third kappa shape index (κ3) is 12.6. The molecule has 72 heavy (non-hydrogen) atoms. The first-order valence-electron chi connectivity index (χ1n) is 21.5. The summed E-state index contributed by atoms with van der Waals surface area (Å²) in [4.78, 5) is 50.6. The quantitative estimate of drug-likeness (QED) is 0.0397. The Balaban J connectivity index is 0.000000149. The van der Waals surface area contributed by atoms with E-state index >= 15 is 0 Å². The molecule has 16 heteroatoms. The highest BCUT2D eigenvalue weighted by atomic mass is 16.6. The molecule has 0 aliphatic heterocycles. The number of nitrogens with zero attached hydrogens (tertiary/aromatic N) is 7. The van der Waals surface area contributed by atoms with E-state index in [1.807, 2.05) is 140 Å². The molecule has 16 nitrogen and oxygen atoms in total. The molecule has 0 aliphatic rings. The van der Waals surface area contributed by atoms with Crippen LogP contribution in [0.1, 0.15) is 5.56 Å². The summed E-state index contributed by atoms with van der Waals surface area (Å²) in [5, 5.41) is 10.8. The number of nitro groups is 1. The van der Waals surface area contributed by atoms with Gasteiger partial charge in [-0.3, -0.25) is 19.2 Å². The first-order chi connectivity index (χ1) is 35.1. The lowest BCUT2D eigenvalue weighted by atomic mass is 10.1. The fourth-order valence-corrected chi connectivity index (χ4v) is 7.09. The fourth-order valence-electron chi connectivity index (χ4n) is 7.09. The molecule has 0 saturated carbocycles. The number of aromatic amines is 4. The summed E-state index contributed by atoms with van der Waals surface area (Å²) in [7, 11) is 0. The van der Waals surface area contributed by atoms with Crippen LogP contribution in [-0.2, 0) is 0 Å². The smallest absolute Gasteiger partial charge is 0.317 e. The summed E-state index contributed by atoms with van der Waals surface area (Å²) < 4.78 is 1.41. The second-order valence-corrected chi connectivity index (χ2v) is 14.9. The van der Waals surface area contributed by atoms with Gasteiger partial charge in [-0.25, -0.2) is 19.4 Å². The van der Waals surface area contributed by atoms with Crippen molar-refractivity contribution in [1.82, 2.24) is 24.3 Å². The highest BCUT2D eigenvalue weighted by molar-refractivity contribution is 5.91. The number of nitrogens with one attached hydrogen (secondary N) is 4. The van der Waals surface area contributed by atoms with Crippen LogP contribution in [0.3, 0.4) is 0 Å². The Morgan fingerprint density at radius 2 is 1.07 bits per heavy atom. The van der Waals surface area contributed by atoms with Crippen molar-refractivity contribution in [3.63, 3.8) is 0 Å². The van der Waals surface area contributed by atoms with Crippen LogP contribution in [0.5, 0.6) is 0 Å². The van der Waals surface area contributed by atoms with E-state index in [1.165, 1.54) is 22.9 Å². The third-order valence-corrected chi connectivity index (χ3v) is 10.3. The maximum Gasteiger partial charge on any atom is 0.317 e. The van der Waals surface area contributed by atoms with Gasteiger partial charge < -0.3 is 36.5 Å². The number of hydrogen-bond donors (Lipinski definition) is 6. The Labute approximate surface area is 414 Å². The normalized spacial score (nSPS) is 9.89. The number of H-pyrrole nitrogens is 4. The zero-order valence-corrected chi connectivity index (χ0v) is 38.3. The zero-order chi connectivity index (χ0) is 51.2. The van der Waals surface area contributed by atoms with Gasteiger partial charge in [-0.15, -0.1) is 0 Å². The van der Waals surface area contributed by atoms with Crippen LogP contribution in [0.15, 0.2) is 205 Å². The number of nitrogen functional groups attached to an aromatic ring is 2. The predicted molar refractivity (Wildman–Crippen MR) is 288 cm³/mol. The zero-order valence-electron chi connectivity index (χ0n) is 38.3. The van der Waals surface area contributed by atoms with Crippen LogP contribution in [0, 0.1) is 36.4 Å². The second-order valence-electron chi connectivity index (χ2n) is 14.9. The molecule has 5 aromatic carbocycles. The van der Waals surface area contributed by atoms with Gasteiger partial charge in [-0.2, -0.15) is 0 Å². The van der Waals surface area contributed by atoms with Gasteiger partial charge in [0.15, 0.2) is 0 Å². The fraction of sp³-hybridized carbons (Fsp3) is 0. The van der Waals surface area contributed by atoms with Crippen molar-refractivity contribution >= 4 is 58.6 Å².